The summed E-state index contributed by atoms with van der Waals surface area (Å²) in [6, 6.07) is 11.1. The highest BCUT2D eigenvalue weighted by Gasteiger charge is 2.33. The van der Waals surface area contributed by atoms with Crippen LogP contribution in [0.5, 0.6) is 0 Å². The molecule has 0 bridgehead atoms. The predicted molar refractivity (Wildman–Crippen MR) is 94.0 cm³/mol. The zero-order valence-electron chi connectivity index (χ0n) is 14.2. The van der Waals surface area contributed by atoms with Crippen molar-refractivity contribution < 1.29 is 9.53 Å². The minimum absolute atomic E-state index is 0.0484. The molecule has 2 rings (SSSR count). The van der Waals surface area contributed by atoms with Crippen LogP contribution in [0.2, 0.25) is 0 Å². The van der Waals surface area contributed by atoms with Gasteiger partial charge < -0.3 is 4.74 Å². The van der Waals surface area contributed by atoms with Crippen LogP contribution in [0, 0.1) is 5.92 Å². The van der Waals surface area contributed by atoms with Crippen molar-refractivity contribution in [2.45, 2.75) is 51.6 Å². The first-order valence-corrected chi connectivity index (χ1v) is 8.79. The Morgan fingerprint density at radius 2 is 2.13 bits per heavy atom. The summed E-state index contributed by atoms with van der Waals surface area (Å²) in [5.41, 5.74) is 1.33. The molecule has 23 heavy (non-hydrogen) atoms. The van der Waals surface area contributed by atoms with E-state index in [2.05, 4.69) is 41.8 Å². The van der Waals surface area contributed by atoms with Gasteiger partial charge in [0, 0.05) is 25.6 Å². The summed E-state index contributed by atoms with van der Waals surface area (Å²) in [7, 11) is 0. The minimum atomic E-state index is -0.0484. The largest absolute Gasteiger partial charge is 0.466 e. The Labute approximate surface area is 140 Å². The second-order valence-electron chi connectivity index (χ2n) is 6.30. The number of nitrogens with zero attached hydrogens (tertiary/aromatic N) is 1. The van der Waals surface area contributed by atoms with Gasteiger partial charge in [-0.3, -0.25) is 9.69 Å². The van der Waals surface area contributed by atoms with Gasteiger partial charge in [0.05, 0.1) is 6.61 Å². The lowest BCUT2D eigenvalue weighted by Gasteiger charge is -2.33. The van der Waals surface area contributed by atoms with Gasteiger partial charge >= 0.3 is 5.97 Å². The number of hydrogen-bond donors (Lipinski definition) is 0. The summed E-state index contributed by atoms with van der Waals surface area (Å²) in [4.78, 5) is 14.4. The molecule has 0 unspecified atom stereocenters. The summed E-state index contributed by atoms with van der Waals surface area (Å²) in [5, 5.41) is 0. The van der Waals surface area contributed by atoms with Crippen molar-refractivity contribution in [1.29, 1.82) is 0 Å². The molecule has 1 aliphatic carbocycles. The van der Waals surface area contributed by atoms with Crippen LogP contribution >= 0.6 is 0 Å². The summed E-state index contributed by atoms with van der Waals surface area (Å²) < 4.78 is 5.16. The van der Waals surface area contributed by atoms with Gasteiger partial charge in [-0.1, -0.05) is 42.8 Å². The van der Waals surface area contributed by atoms with Gasteiger partial charge in [0.2, 0.25) is 0 Å². The molecular weight excluding hydrogens is 286 g/mol. The van der Waals surface area contributed by atoms with E-state index in [0.29, 0.717) is 25.0 Å². The number of carbonyl (C=O) groups is 1. The molecule has 0 amide bonds. The molecule has 0 N–H and O–H groups in total. The first kappa shape index (κ1) is 17.7. The van der Waals surface area contributed by atoms with E-state index in [0.717, 1.165) is 25.9 Å². The maximum absolute atomic E-state index is 11.9. The Morgan fingerprint density at radius 3 is 2.83 bits per heavy atom. The number of rotatable bonds is 9. The van der Waals surface area contributed by atoms with Gasteiger partial charge in [0.25, 0.3) is 0 Å². The molecule has 2 atom stereocenters. The lowest BCUT2D eigenvalue weighted by molar-refractivity contribution is -0.144. The predicted octanol–water partition coefficient (Wildman–Crippen LogP) is 4.19. The Kier molecular flexibility index (Phi) is 7.34. The molecule has 0 heterocycles. The van der Waals surface area contributed by atoms with E-state index in [1.807, 2.05) is 13.0 Å². The molecule has 0 aliphatic heterocycles. The minimum Gasteiger partial charge on any atom is -0.466 e. The van der Waals surface area contributed by atoms with E-state index in [9.17, 15) is 4.79 Å². The van der Waals surface area contributed by atoms with E-state index in [4.69, 9.17) is 4.74 Å². The van der Waals surface area contributed by atoms with Crippen molar-refractivity contribution in [3.05, 3.63) is 48.6 Å². The molecule has 1 saturated carbocycles. The van der Waals surface area contributed by atoms with Crippen molar-refractivity contribution >= 4 is 5.97 Å². The highest BCUT2D eigenvalue weighted by molar-refractivity contribution is 5.69. The lowest BCUT2D eigenvalue weighted by atomic mass is 9.97. The fraction of sp³-hybridized carbons (Fsp3) is 0.550. The van der Waals surface area contributed by atoms with E-state index in [1.165, 1.54) is 18.4 Å². The number of carbonyl (C=O) groups excluding carboxylic acids is 1. The van der Waals surface area contributed by atoms with Crippen molar-refractivity contribution in [2.24, 2.45) is 5.92 Å². The van der Waals surface area contributed by atoms with Crippen molar-refractivity contribution in [1.82, 2.24) is 4.90 Å². The fourth-order valence-electron chi connectivity index (χ4n) is 3.61. The zero-order valence-corrected chi connectivity index (χ0v) is 14.2. The van der Waals surface area contributed by atoms with Crippen LogP contribution in [0.3, 0.4) is 0 Å². The highest BCUT2D eigenvalue weighted by atomic mass is 16.5. The zero-order chi connectivity index (χ0) is 16.5. The topological polar surface area (TPSA) is 29.5 Å². The van der Waals surface area contributed by atoms with Gasteiger partial charge in [-0.2, -0.15) is 0 Å². The standard InChI is InChI=1S/C20H29NO2/c1-3-5-14-21(16-17-10-7-6-8-11-17)19-13-9-12-18(19)15-20(22)23-4-2/h3,6-8,10-11,18-19H,1,4-5,9,12-16H2,2H3/t18-,19-/m1/s1. The van der Waals surface area contributed by atoms with Crippen LogP contribution in [0.1, 0.15) is 44.6 Å². The van der Waals surface area contributed by atoms with Crippen LogP contribution in [-0.4, -0.2) is 30.1 Å². The molecule has 0 aromatic heterocycles. The highest BCUT2D eigenvalue weighted by Crippen LogP contribution is 2.33. The van der Waals surface area contributed by atoms with Gasteiger partial charge in [0.15, 0.2) is 0 Å². The summed E-state index contributed by atoms with van der Waals surface area (Å²) in [6.07, 6.45) is 7.02. The molecule has 3 heteroatoms. The van der Waals surface area contributed by atoms with Crippen molar-refractivity contribution in [3.63, 3.8) is 0 Å². The van der Waals surface area contributed by atoms with Crippen LogP contribution in [0.4, 0.5) is 0 Å². The SMILES string of the molecule is C=CCCN(Cc1ccccc1)[C@@H]1CCC[C@@H]1CC(=O)OCC. The second-order valence-corrected chi connectivity index (χ2v) is 6.30. The van der Waals surface area contributed by atoms with Crippen LogP contribution in [-0.2, 0) is 16.1 Å². The number of benzene rings is 1. The quantitative estimate of drug-likeness (QED) is 0.505. The van der Waals surface area contributed by atoms with Gasteiger partial charge in [-0.25, -0.2) is 0 Å². The third-order valence-corrected chi connectivity index (χ3v) is 4.67. The van der Waals surface area contributed by atoms with Crippen LogP contribution in [0.15, 0.2) is 43.0 Å². The summed E-state index contributed by atoms with van der Waals surface area (Å²) >= 11 is 0. The number of esters is 1. The molecule has 0 spiro atoms. The maximum atomic E-state index is 11.9. The van der Waals surface area contributed by atoms with E-state index in [-0.39, 0.29) is 5.97 Å². The molecular formula is C20H29NO2. The molecule has 3 nitrogen and oxygen atoms in total. The van der Waals surface area contributed by atoms with E-state index < -0.39 is 0 Å². The number of hydrogen-bond acceptors (Lipinski definition) is 3. The Balaban J connectivity index is 2.03. The summed E-state index contributed by atoms with van der Waals surface area (Å²) in [6.45, 7) is 8.15. The molecule has 0 saturated heterocycles. The average Bonchev–Trinajstić information content (AvgIpc) is 3.00. The Morgan fingerprint density at radius 1 is 1.35 bits per heavy atom. The third kappa shape index (κ3) is 5.51. The monoisotopic (exact) mass is 315 g/mol. The first-order chi connectivity index (χ1) is 11.2. The fourth-order valence-corrected chi connectivity index (χ4v) is 3.61. The normalized spacial score (nSPS) is 20.6. The second kappa shape index (κ2) is 9.51. The summed E-state index contributed by atoms with van der Waals surface area (Å²) in [5.74, 6) is 0.371. The average molecular weight is 315 g/mol. The lowest BCUT2D eigenvalue weighted by Crippen LogP contribution is -2.38. The van der Waals surface area contributed by atoms with Crippen molar-refractivity contribution in [2.75, 3.05) is 13.2 Å². The Bertz CT molecular complexity index is 486. The van der Waals surface area contributed by atoms with Gasteiger partial charge in [-0.05, 0) is 37.7 Å². The van der Waals surface area contributed by atoms with Crippen LogP contribution < -0.4 is 0 Å². The van der Waals surface area contributed by atoms with Gasteiger partial charge in [-0.15, -0.1) is 6.58 Å². The molecule has 1 aliphatic rings. The van der Waals surface area contributed by atoms with Gasteiger partial charge in [0.1, 0.15) is 0 Å². The third-order valence-electron chi connectivity index (χ3n) is 4.67. The van der Waals surface area contributed by atoms with E-state index in [1.54, 1.807) is 0 Å². The Hall–Kier alpha value is -1.61. The molecule has 0 radical (unpaired) electrons. The van der Waals surface area contributed by atoms with Crippen molar-refractivity contribution in [3.8, 4) is 0 Å². The molecule has 126 valence electrons. The van der Waals surface area contributed by atoms with Crippen LogP contribution in [0.25, 0.3) is 0 Å². The first-order valence-electron chi connectivity index (χ1n) is 8.79. The molecule has 1 aromatic rings. The molecule has 1 aromatic carbocycles. The van der Waals surface area contributed by atoms with E-state index >= 15 is 0 Å². The number of ether oxygens (including phenoxy) is 1. The maximum Gasteiger partial charge on any atom is 0.306 e. The molecule has 1 fully saturated rings. The smallest absolute Gasteiger partial charge is 0.306 e.